The molecule has 0 spiro atoms. The van der Waals surface area contributed by atoms with Gasteiger partial charge in [-0.3, -0.25) is 4.79 Å². The molecular formula is C13H14Br2N4OS. The summed E-state index contributed by atoms with van der Waals surface area (Å²) >= 11 is 7.88. The average molecular weight is 434 g/mol. The number of halogens is 2. The van der Waals surface area contributed by atoms with Gasteiger partial charge in [0.15, 0.2) is 0 Å². The van der Waals surface area contributed by atoms with Crippen LogP contribution in [0, 0.1) is 0 Å². The largest absolute Gasteiger partial charge is 0.399 e. The summed E-state index contributed by atoms with van der Waals surface area (Å²) in [7, 11) is 0. The molecule has 0 aliphatic carbocycles. The number of carbonyl (C=O) groups excluding carboxylic acids is 1. The monoisotopic (exact) mass is 432 g/mol. The molecule has 112 valence electrons. The minimum absolute atomic E-state index is 0.235. The molecule has 0 bridgehead atoms. The van der Waals surface area contributed by atoms with Crippen LogP contribution in [-0.4, -0.2) is 15.5 Å². The number of nitrogen functional groups attached to an aromatic ring is 1. The third kappa shape index (κ3) is 3.61. The molecule has 0 fully saturated rings. The van der Waals surface area contributed by atoms with Gasteiger partial charge in [-0.15, -0.1) is 5.10 Å². The number of nitrogens with zero attached hydrogens (tertiary/aromatic N) is 2. The molecule has 8 heteroatoms. The number of aromatic nitrogens is 2. The van der Waals surface area contributed by atoms with Gasteiger partial charge in [-0.1, -0.05) is 25.3 Å². The van der Waals surface area contributed by atoms with E-state index in [0.717, 1.165) is 11.5 Å². The number of carbonyl (C=O) groups is 1. The minimum atomic E-state index is -0.241. The van der Waals surface area contributed by atoms with Gasteiger partial charge in [0.25, 0.3) is 5.91 Å². The van der Waals surface area contributed by atoms with Gasteiger partial charge in [0.1, 0.15) is 4.88 Å². The number of hydrogen-bond donors (Lipinski definition) is 2. The average Bonchev–Trinajstić information content (AvgIpc) is 2.82. The maximum Gasteiger partial charge on any atom is 0.269 e. The molecule has 0 saturated heterocycles. The lowest BCUT2D eigenvalue weighted by Gasteiger charge is -2.16. The zero-order valence-electron chi connectivity index (χ0n) is 11.7. The van der Waals surface area contributed by atoms with Crippen molar-refractivity contribution in [1.82, 2.24) is 9.59 Å². The quantitative estimate of drug-likeness (QED) is 0.695. The van der Waals surface area contributed by atoms with Crippen LogP contribution in [0.3, 0.4) is 0 Å². The maximum atomic E-state index is 12.5. The Morgan fingerprint density at radius 2 is 1.86 bits per heavy atom. The van der Waals surface area contributed by atoms with Crippen LogP contribution in [0.1, 0.15) is 36.1 Å². The molecule has 2 rings (SSSR count). The van der Waals surface area contributed by atoms with Gasteiger partial charge in [0, 0.05) is 20.0 Å². The highest BCUT2D eigenvalue weighted by molar-refractivity contribution is 9.11. The van der Waals surface area contributed by atoms with E-state index in [2.05, 4.69) is 46.8 Å². The number of rotatable bonds is 2. The Kier molecular flexibility index (Phi) is 4.69. The summed E-state index contributed by atoms with van der Waals surface area (Å²) in [6.45, 7) is 5.99. The van der Waals surface area contributed by atoms with Crippen molar-refractivity contribution in [2.45, 2.75) is 26.2 Å². The highest BCUT2D eigenvalue weighted by Crippen LogP contribution is 2.34. The van der Waals surface area contributed by atoms with E-state index in [4.69, 9.17) is 5.73 Å². The summed E-state index contributed by atoms with van der Waals surface area (Å²) in [5.74, 6) is -0.235. The molecule has 1 heterocycles. The third-order valence-electron chi connectivity index (χ3n) is 2.71. The van der Waals surface area contributed by atoms with E-state index in [9.17, 15) is 4.79 Å². The van der Waals surface area contributed by atoms with E-state index in [-0.39, 0.29) is 11.3 Å². The molecule has 0 aliphatic heterocycles. The summed E-state index contributed by atoms with van der Waals surface area (Å²) in [4.78, 5) is 13.0. The van der Waals surface area contributed by atoms with Crippen LogP contribution in [0.2, 0.25) is 0 Å². The molecule has 3 N–H and O–H groups in total. The van der Waals surface area contributed by atoms with Gasteiger partial charge in [0.05, 0.1) is 11.4 Å². The van der Waals surface area contributed by atoms with Crippen LogP contribution >= 0.6 is 43.4 Å². The zero-order chi connectivity index (χ0) is 15.8. The molecule has 2 aromatic rings. The van der Waals surface area contributed by atoms with Crippen LogP contribution in [0.15, 0.2) is 21.1 Å². The summed E-state index contributed by atoms with van der Waals surface area (Å²) in [6, 6.07) is 3.46. The first kappa shape index (κ1) is 16.4. The second-order valence-corrected chi connectivity index (χ2v) is 7.98. The molecule has 0 atom stereocenters. The minimum Gasteiger partial charge on any atom is -0.399 e. The van der Waals surface area contributed by atoms with Crippen molar-refractivity contribution in [3.05, 3.63) is 31.6 Å². The molecule has 1 aromatic heterocycles. The molecule has 1 aromatic carbocycles. The number of benzene rings is 1. The Hall–Kier alpha value is -0.990. The number of anilines is 2. The third-order valence-corrected chi connectivity index (χ3v) is 4.68. The summed E-state index contributed by atoms with van der Waals surface area (Å²) < 4.78 is 5.31. The normalized spacial score (nSPS) is 11.5. The van der Waals surface area contributed by atoms with E-state index >= 15 is 0 Å². The lowest BCUT2D eigenvalue weighted by Crippen LogP contribution is -2.20. The van der Waals surface area contributed by atoms with E-state index in [1.54, 1.807) is 12.1 Å². The zero-order valence-corrected chi connectivity index (χ0v) is 15.7. The number of nitrogens with two attached hydrogens (primary N) is 1. The van der Waals surface area contributed by atoms with Gasteiger partial charge in [-0.2, -0.15) is 0 Å². The van der Waals surface area contributed by atoms with E-state index in [1.165, 1.54) is 0 Å². The van der Waals surface area contributed by atoms with Crippen molar-refractivity contribution >= 4 is 60.7 Å². The van der Waals surface area contributed by atoms with Gasteiger partial charge in [-0.25, -0.2) is 0 Å². The molecule has 0 saturated carbocycles. The predicted molar refractivity (Wildman–Crippen MR) is 92.8 cm³/mol. The molecule has 21 heavy (non-hydrogen) atoms. The Bertz CT molecular complexity index is 671. The van der Waals surface area contributed by atoms with E-state index in [0.29, 0.717) is 30.9 Å². The van der Waals surface area contributed by atoms with Crippen molar-refractivity contribution in [2.75, 3.05) is 11.1 Å². The van der Waals surface area contributed by atoms with Crippen molar-refractivity contribution in [3.8, 4) is 0 Å². The van der Waals surface area contributed by atoms with Crippen LogP contribution in [-0.2, 0) is 5.41 Å². The smallest absolute Gasteiger partial charge is 0.269 e. The molecule has 0 radical (unpaired) electrons. The summed E-state index contributed by atoms with van der Waals surface area (Å²) in [6.07, 6.45) is 0. The first-order chi connectivity index (χ1) is 9.70. The van der Waals surface area contributed by atoms with Crippen molar-refractivity contribution in [3.63, 3.8) is 0 Å². The second-order valence-electron chi connectivity index (χ2n) is 5.51. The lowest BCUT2D eigenvalue weighted by atomic mass is 9.91. The molecule has 1 amide bonds. The Morgan fingerprint density at radius 3 is 2.38 bits per heavy atom. The maximum absolute atomic E-state index is 12.5. The van der Waals surface area contributed by atoms with E-state index < -0.39 is 0 Å². The fourth-order valence-corrected chi connectivity index (χ4v) is 3.90. The highest BCUT2D eigenvalue weighted by Gasteiger charge is 2.27. The second kappa shape index (κ2) is 6.02. The molecule has 5 nitrogen and oxygen atoms in total. The van der Waals surface area contributed by atoms with Crippen molar-refractivity contribution in [2.24, 2.45) is 0 Å². The van der Waals surface area contributed by atoms with Crippen LogP contribution in [0.5, 0.6) is 0 Å². The molecular weight excluding hydrogens is 420 g/mol. The van der Waals surface area contributed by atoms with Gasteiger partial charge in [0.2, 0.25) is 0 Å². The van der Waals surface area contributed by atoms with Gasteiger partial charge >= 0.3 is 0 Å². The van der Waals surface area contributed by atoms with Crippen molar-refractivity contribution < 1.29 is 4.79 Å². The van der Waals surface area contributed by atoms with Crippen LogP contribution in [0.25, 0.3) is 0 Å². The summed E-state index contributed by atoms with van der Waals surface area (Å²) in [5.41, 5.74) is 7.42. The molecule has 0 unspecified atom stereocenters. The lowest BCUT2D eigenvalue weighted by molar-refractivity contribution is 0.102. The van der Waals surface area contributed by atoms with Crippen molar-refractivity contribution in [1.29, 1.82) is 0 Å². The standard InChI is InChI=1S/C13H14Br2N4OS/c1-13(2,3)11-10(21-19-18-11)12(20)17-9-7(14)4-6(16)5-8(9)15/h4-5H,16H2,1-3H3,(H,17,20). The first-order valence-corrected chi connectivity index (χ1v) is 8.45. The van der Waals surface area contributed by atoms with Crippen LogP contribution in [0.4, 0.5) is 11.4 Å². The SMILES string of the molecule is CC(C)(C)c1nnsc1C(=O)Nc1c(Br)cc(N)cc1Br. The van der Waals surface area contributed by atoms with Crippen LogP contribution < -0.4 is 11.1 Å². The van der Waals surface area contributed by atoms with Gasteiger partial charge in [-0.05, 0) is 55.5 Å². The predicted octanol–water partition coefficient (Wildman–Crippen LogP) is 4.20. The Morgan fingerprint density at radius 1 is 1.29 bits per heavy atom. The summed E-state index contributed by atoms with van der Waals surface area (Å²) in [5, 5.41) is 6.94. The van der Waals surface area contributed by atoms with Gasteiger partial charge < -0.3 is 11.1 Å². The Labute approximate surface area is 143 Å². The highest BCUT2D eigenvalue weighted by atomic mass is 79.9. The first-order valence-electron chi connectivity index (χ1n) is 6.09. The number of nitrogens with one attached hydrogen (secondary N) is 1. The molecule has 0 aliphatic rings. The fraction of sp³-hybridized carbons (Fsp3) is 0.308. The topological polar surface area (TPSA) is 80.9 Å². The Balaban J connectivity index is 2.34. The van der Waals surface area contributed by atoms with E-state index in [1.807, 2.05) is 20.8 Å². The number of amides is 1. The number of hydrogen-bond acceptors (Lipinski definition) is 5. The fourth-order valence-electron chi connectivity index (χ4n) is 1.71.